The van der Waals surface area contributed by atoms with Crippen molar-refractivity contribution in [2.24, 2.45) is 0 Å². The van der Waals surface area contributed by atoms with Gasteiger partial charge in [-0.2, -0.15) is 0 Å². The Labute approximate surface area is 147 Å². The van der Waals surface area contributed by atoms with Crippen LogP contribution in [-0.4, -0.2) is 45.0 Å². The van der Waals surface area contributed by atoms with Crippen LogP contribution in [0, 0.1) is 0 Å². The molecule has 132 valence electrons. The van der Waals surface area contributed by atoms with Crippen LogP contribution in [-0.2, 0) is 0 Å². The molecule has 1 saturated carbocycles. The molecule has 1 aromatic carbocycles. The van der Waals surface area contributed by atoms with Gasteiger partial charge in [0.2, 0.25) is 0 Å². The Balaban J connectivity index is 1.39. The van der Waals surface area contributed by atoms with Crippen molar-refractivity contribution in [3.63, 3.8) is 0 Å². The summed E-state index contributed by atoms with van der Waals surface area (Å²) >= 11 is 0. The fraction of sp³-hybridized carbons (Fsp3) is 0.526. The molecular weight excluding hydrogens is 316 g/mol. The molecule has 0 radical (unpaired) electrons. The molecule has 2 aliphatic rings. The molecule has 1 saturated heterocycles. The van der Waals surface area contributed by atoms with Crippen LogP contribution in [0.15, 0.2) is 30.5 Å². The average Bonchev–Trinajstić information content (AvgIpc) is 3.13. The summed E-state index contributed by atoms with van der Waals surface area (Å²) in [6.07, 6.45) is 5.57. The SMILES string of the molecule is CC(C)Oc1ccc(C(=O)N2CC[C@H](n3cc(C4CC4)nn3)C2)cc1. The molecule has 0 N–H and O–H groups in total. The topological polar surface area (TPSA) is 60.2 Å². The lowest BCUT2D eigenvalue weighted by Crippen LogP contribution is -2.29. The molecule has 2 fully saturated rings. The first-order valence-corrected chi connectivity index (χ1v) is 9.08. The van der Waals surface area contributed by atoms with Gasteiger partial charge in [-0.3, -0.25) is 4.79 Å². The van der Waals surface area contributed by atoms with Crippen LogP contribution in [0.2, 0.25) is 0 Å². The summed E-state index contributed by atoms with van der Waals surface area (Å²) in [5.74, 6) is 1.47. The van der Waals surface area contributed by atoms with Gasteiger partial charge in [0.25, 0.3) is 5.91 Å². The number of aromatic nitrogens is 3. The molecule has 2 heterocycles. The number of hydrogen-bond acceptors (Lipinski definition) is 4. The summed E-state index contributed by atoms with van der Waals surface area (Å²) < 4.78 is 7.58. The third-order valence-electron chi connectivity index (χ3n) is 4.82. The third-order valence-corrected chi connectivity index (χ3v) is 4.82. The van der Waals surface area contributed by atoms with Crippen LogP contribution >= 0.6 is 0 Å². The number of rotatable bonds is 5. The molecule has 0 unspecified atom stereocenters. The van der Waals surface area contributed by atoms with Crippen molar-refractivity contribution in [1.29, 1.82) is 0 Å². The number of hydrogen-bond donors (Lipinski definition) is 0. The smallest absolute Gasteiger partial charge is 0.253 e. The molecule has 1 atom stereocenters. The van der Waals surface area contributed by atoms with Gasteiger partial charge in [-0.1, -0.05) is 5.21 Å². The van der Waals surface area contributed by atoms with Gasteiger partial charge in [0, 0.05) is 30.8 Å². The Kier molecular flexibility index (Phi) is 4.19. The largest absolute Gasteiger partial charge is 0.491 e. The van der Waals surface area contributed by atoms with E-state index in [1.54, 1.807) is 0 Å². The molecule has 2 aromatic rings. The van der Waals surface area contributed by atoms with Gasteiger partial charge in [-0.15, -0.1) is 5.10 Å². The number of nitrogens with zero attached hydrogens (tertiary/aromatic N) is 4. The second-order valence-corrected chi connectivity index (χ2v) is 7.28. The summed E-state index contributed by atoms with van der Waals surface area (Å²) in [6, 6.07) is 7.63. The van der Waals surface area contributed by atoms with E-state index in [1.807, 2.05) is 47.7 Å². The molecule has 1 aliphatic heterocycles. The maximum Gasteiger partial charge on any atom is 0.253 e. The van der Waals surface area contributed by atoms with Crippen molar-refractivity contribution in [3.05, 3.63) is 41.7 Å². The van der Waals surface area contributed by atoms with E-state index in [0.29, 0.717) is 18.0 Å². The Morgan fingerprint density at radius 1 is 1.20 bits per heavy atom. The fourth-order valence-electron chi connectivity index (χ4n) is 3.31. The van der Waals surface area contributed by atoms with Gasteiger partial charge in [0.15, 0.2) is 0 Å². The van der Waals surface area contributed by atoms with Crippen molar-refractivity contribution >= 4 is 5.91 Å². The van der Waals surface area contributed by atoms with Crippen LogP contribution < -0.4 is 4.74 Å². The van der Waals surface area contributed by atoms with Gasteiger partial charge in [0.05, 0.1) is 17.8 Å². The highest BCUT2D eigenvalue weighted by Gasteiger charge is 2.31. The molecule has 6 heteroatoms. The zero-order chi connectivity index (χ0) is 17.4. The van der Waals surface area contributed by atoms with Crippen molar-refractivity contribution in [2.75, 3.05) is 13.1 Å². The Morgan fingerprint density at radius 2 is 1.96 bits per heavy atom. The van der Waals surface area contributed by atoms with E-state index >= 15 is 0 Å². The lowest BCUT2D eigenvalue weighted by molar-refractivity contribution is 0.0787. The minimum Gasteiger partial charge on any atom is -0.491 e. The molecule has 1 amide bonds. The van der Waals surface area contributed by atoms with Crippen molar-refractivity contribution in [1.82, 2.24) is 19.9 Å². The zero-order valence-electron chi connectivity index (χ0n) is 14.8. The molecule has 6 nitrogen and oxygen atoms in total. The second-order valence-electron chi connectivity index (χ2n) is 7.28. The van der Waals surface area contributed by atoms with E-state index in [4.69, 9.17) is 4.74 Å². The van der Waals surface area contributed by atoms with E-state index in [1.165, 1.54) is 12.8 Å². The predicted molar refractivity (Wildman–Crippen MR) is 93.8 cm³/mol. The highest BCUT2D eigenvalue weighted by atomic mass is 16.5. The first kappa shape index (κ1) is 16.1. The second kappa shape index (κ2) is 6.50. The number of carbonyl (C=O) groups is 1. The minimum absolute atomic E-state index is 0.0705. The van der Waals surface area contributed by atoms with Crippen LogP contribution in [0.4, 0.5) is 0 Å². The maximum absolute atomic E-state index is 12.7. The van der Waals surface area contributed by atoms with Crippen LogP contribution in [0.3, 0.4) is 0 Å². The normalized spacial score (nSPS) is 20.3. The molecule has 1 aromatic heterocycles. The Hall–Kier alpha value is -2.37. The first-order chi connectivity index (χ1) is 12.1. The Morgan fingerprint density at radius 3 is 2.64 bits per heavy atom. The number of likely N-dealkylation sites (tertiary alicyclic amines) is 1. The van der Waals surface area contributed by atoms with E-state index in [-0.39, 0.29) is 18.1 Å². The minimum atomic E-state index is 0.0705. The molecule has 0 bridgehead atoms. The van der Waals surface area contributed by atoms with Crippen molar-refractivity contribution in [2.45, 2.75) is 51.2 Å². The quantitative estimate of drug-likeness (QED) is 0.839. The van der Waals surface area contributed by atoms with Gasteiger partial charge < -0.3 is 9.64 Å². The molecule has 1 aliphatic carbocycles. The first-order valence-electron chi connectivity index (χ1n) is 9.08. The number of carbonyl (C=O) groups excluding carboxylic acids is 1. The maximum atomic E-state index is 12.7. The number of benzene rings is 1. The van der Waals surface area contributed by atoms with Gasteiger partial charge >= 0.3 is 0 Å². The molecular formula is C19H24N4O2. The van der Waals surface area contributed by atoms with Gasteiger partial charge in [-0.05, 0) is 57.4 Å². The standard InChI is InChI=1S/C19H24N4O2/c1-13(2)25-17-7-5-15(6-8-17)19(24)22-10-9-16(11-22)23-12-18(20-21-23)14-3-4-14/h5-8,12-14,16H,3-4,9-11H2,1-2H3/t16-/m0/s1. The predicted octanol–water partition coefficient (Wildman–Crippen LogP) is 3.03. The monoisotopic (exact) mass is 340 g/mol. The van der Waals surface area contributed by atoms with Gasteiger partial charge in [-0.25, -0.2) is 4.68 Å². The highest BCUT2D eigenvalue weighted by molar-refractivity contribution is 5.94. The van der Waals surface area contributed by atoms with Crippen molar-refractivity contribution in [3.8, 4) is 5.75 Å². The summed E-state index contributed by atoms with van der Waals surface area (Å²) in [5, 5.41) is 8.56. The van der Waals surface area contributed by atoms with Crippen LogP contribution in [0.5, 0.6) is 5.75 Å². The fourth-order valence-corrected chi connectivity index (χ4v) is 3.31. The van der Waals surface area contributed by atoms with Crippen LogP contribution in [0.25, 0.3) is 0 Å². The van der Waals surface area contributed by atoms with Crippen molar-refractivity contribution < 1.29 is 9.53 Å². The Bertz CT molecular complexity index is 749. The average molecular weight is 340 g/mol. The third kappa shape index (κ3) is 3.52. The lowest BCUT2D eigenvalue weighted by Gasteiger charge is -2.17. The van der Waals surface area contributed by atoms with Gasteiger partial charge in [0.1, 0.15) is 5.75 Å². The summed E-state index contributed by atoms with van der Waals surface area (Å²) in [4.78, 5) is 14.6. The molecule has 4 rings (SSSR count). The van der Waals surface area contributed by atoms with E-state index in [9.17, 15) is 4.79 Å². The number of ether oxygens (including phenoxy) is 1. The van der Waals surface area contributed by atoms with E-state index < -0.39 is 0 Å². The number of amides is 1. The zero-order valence-corrected chi connectivity index (χ0v) is 14.8. The lowest BCUT2D eigenvalue weighted by atomic mass is 10.2. The van der Waals surface area contributed by atoms with Crippen LogP contribution in [0.1, 0.15) is 61.1 Å². The molecule has 25 heavy (non-hydrogen) atoms. The summed E-state index contributed by atoms with van der Waals surface area (Å²) in [7, 11) is 0. The highest BCUT2D eigenvalue weighted by Crippen LogP contribution is 2.39. The molecule has 0 spiro atoms. The summed E-state index contributed by atoms with van der Waals surface area (Å²) in [5.41, 5.74) is 1.81. The van der Waals surface area contributed by atoms with E-state index in [0.717, 1.165) is 24.4 Å². The summed E-state index contributed by atoms with van der Waals surface area (Å²) in [6.45, 7) is 5.42. The van der Waals surface area contributed by atoms with E-state index in [2.05, 4.69) is 16.5 Å².